The quantitative estimate of drug-likeness (QED) is 0.772. The van der Waals surface area contributed by atoms with E-state index in [0.29, 0.717) is 52.2 Å². The number of carbonyl (C=O) groups is 1. The molecule has 2 aliphatic rings. The fraction of sp³-hybridized carbons (Fsp3) is 0.667. The van der Waals surface area contributed by atoms with Crippen molar-refractivity contribution in [1.29, 1.82) is 0 Å². The Morgan fingerprint density at radius 3 is 2.57 bits per heavy atom. The average molecular weight is 392 g/mol. The monoisotopic (exact) mass is 392 g/mol. The van der Waals surface area contributed by atoms with Crippen molar-refractivity contribution >= 4 is 5.91 Å². The van der Waals surface area contributed by atoms with E-state index < -0.39 is 11.2 Å². The fourth-order valence-electron chi connectivity index (χ4n) is 3.96. The molecule has 0 aromatic heterocycles. The van der Waals surface area contributed by atoms with Gasteiger partial charge in [-0.2, -0.15) is 0 Å². The first-order valence-corrected chi connectivity index (χ1v) is 9.97. The van der Waals surface area contributed by atoms with E-state index in [1.165, 1.54) is 0 Å². The molecule has 2 fully saturated rings. The number of aryl methyl sites for hydroxylation is 1. The highest BCUT2D eigenvalue weighted by Gasteiger charge is 2.39. The standard InChI is InChI=1S/C21H32N2O5/c1-17-5-3-4-6-19(17)28-16-21(26)14-22(11-12-27-15-21)13-20(25)7-9-23(10-8-20)18(2)24/h3-6,25-26H,7-16H2,1-2H3/t21-/m1/s1. The Morgan fingerprint density at radius 1 is 1.18 bits per heavy atom. The second-order valence-electron chi connectivity index (χ2n) is 8.27. The third-order valence-corrected chi connectivity index (χ3v) is 5.69. The molecule has 0 radical (unpaired) electrons. The topological polar surface area (TPSA) is 82.5 Å². The van der Waals surface area contributed by atoms with Crippen LogP contribution >= 0.6 is 0 Å². The van der Waals surface area contributed by atoms with Crippen LogP contribution < -0.4 is 4.74 Å². The van der Waals surface area contributed by atoms with Gasteiger partial charge in [0.15, 0.2) is 0 Å². The first kappa shape index (κ1) is 21.0. The van der Waals surface area contributed by atoms with E-state index in [2.05, 4.69) is 4.90 Å². The van der Waals surface area contributed by atoms with Crippen molar-refractivity contribution < 1.29 is 24.5 Å². The number of β-amino-alcohol motifs (C(OH)–C–C–N with tert-alkyl or cyclic N) is 2. The highest BCUT2D eigenvalue weighted by Crippen LogP contribution is 2.26. The number of benzene rings is 1. The number of ether oxygens (including phenoxy) is 2. The summed E-state index contributed by atoms with van der Waals surface area (Å²) in [5.41, 5.74) is -0.979. The van der Waals surface area contributed by atoms with Crippen LogP contribution in [0.2, 0.25) is 0 Å². The van der Waals surface area contributed by atoms with Crippen molar-refractivity contribution in [2.24, 2.45) is 0 Å². The second-order valence-corrected chi connectivity index (χ2v) is 8.27. The molecule has 2 aliphatic heterocycles. The number of hydrogen-bond acceptors (Lipinski definition) is 6. The summed E-state index contributed by atoms with van der Waals surface area (Å²) in [5, 5.41) is 22.1. The lowest BCUT2D eigenvalue weighted by Gasteiger charge is -2.41. The highest BCUT2D eigenvalue weighted by molar-refractivity contribution is 5.73. The van der Waals surface area contributed by atoms with Gasteiger partial charge in [0.25, 0.3) is 0 Å². The smallest absolute Gasteiger partial charge is 0.219 e. The van der Waals surface area contributed by atoms with E-state index in [0.717, 1.165) is 11.3 Å². The third kappa shape index (κ3) is 5.44. The van der Waals surface area contributed by atoms with Gasteiger partial charge in [-0.3, -0.25) is 9.69 Å². The second kappa shape index (κ2) is 8.78. The number of likely N-dealkylation sites (tertiary alicyclic amines) is 1. The molecule has 1 atom stereocenters. The number of carbonyl (C=O) groups excluding carboxylic acids is 1. The van der Waals surface area contributed by atoms with Gasteiger partial charge in [-0.1, -0.05) is 18.2 Å². The van der Waals surface area contributed by atoms with Gasteiger partial charge in [-0.15, -0.1) is 0 Å². The number of piperidine rings is 1. The Kier molecular flexibility index (Phi) is 6.60. The minimum Gasteiger partial charge on any atom is -0.490 e. The number of amides is 1. The lowest BCUT2D eigenvalue weighted by Crippen LogP contribution is -2.55. The van der Waals surface area contributed by atoms with Crippen LogP contribution in [0, 0.1) is 6.92 Å². The first-order chi connectivity index (χ1) is 13.3. The zero-order chi connectivity index (χ0) is 20.2. The molecular formula is C21H32N2O5. The zero-order valence-corrected chi connectivity index (χ0v) is 16.9. The van der Waals surface area contributed by atoms with Crippen molar-refractivity contribution in [3.8, 4) is 5.75 Å². The van der Waals surface area contributed by atoms with Crippen LogP contribution in [-0.4, -0.2) is 89.7 Å². The minimum absolute atomic E-state index is 0.0490. The summed E-state index contributed by atoms with van der Waals surface area (Å²) in [6.45, 7) is 6.97. The van der Waals surface area contributed by atoms with E-state index >= 15 is 0 Å². The van der Waals surface area contributed by atoms with Crippen molar-refractivity contribution in [3.63, 3.8) is 0 Å². The molecule has 0 aliphatic carbocycles. The molecular weight excluding hydrogens is 360 g/mol. The summed E-state index contributed by atoms with van der Waals surface area (Å²) in [7, 11) is 0. The minimum atomic E-state index is -1.14. The van der Waals surface area contributed by atoms with Gasteiger partial charge in [0.1, 0.15) is 18.0 Å². The lowest BCUT2D eigenvalue weighted by molar-refractivity contribution is -0.134. The van der Waals surface area contributed by atoms with Gasteiger partial charge in [-0.25, -0.2) is 0 Å². The Balaban J connectivity index is 1.58. The van der Waals surface area contributed by atoms with Crippen molar-refractivity contribution in [2.75, 3.05) is 52.5 Å². The van der Waals surface area contributed by atoms with Crippen molar-refractivity contribution in [2.45, 2.75) is 37.9 Å². The van der Waals surface area contributed by atoms with Crippen LogP contribution in [0.3, 0.4) is 0 Å². The van der Waals surface area contributed by atoms with Gasteiger partial charge >= 0.3 is 0 Å². The average Bonchev–Trinajstić information content (AvgIpc) is 2.82. The predicted octanol–water partition coefficient (Wildman–Crippen LogP) is 0.811. The maximum absolute atomic E-state index is 11.5. The van der Waals surface area contributed by atoms with Crippen molar-refractivity contribution in [1.82, 2.24) is 9.80 Å². The molecule has 7 heteroatoms. The molecule has 1 amide bonds. The number of aliphatic hydroxyl groups is 2. The van der Waals surface area contributed by atoms with Gasteiger partial charge in [0.2, 0.25) is 5.91 Å². The van der Waals surface area contributed by atoms with Gasteiger partial charge in [0, 0.05) is 39.6 Å². The van der Waals surface area contributed by atoms with E-state index in [1.807, 2.05) is 31.2 Å². The largest absolute Gasteiger partial charge is 0.490 e. The molecule has 3 rings (SSSR count). The number of nitrogens with zero attached hydrogens (tertiary/aromatic N) is 2. The molecule has 156 valence electrons. The van der Waals surface area contributed by atoms with Crippen LogP contribution in [0.1, 0.15) is 25.3 Å². The van der Waals surface area contributed by atoms with Crippen LogP contribution in [-0.2, 0) is 9.53 Å². The van der Waals surface area contributed by atoms with Crippen LogP contribution in [0.15, 0.2) is 24.3 Å². The third-order valence-electron chi connectivity index (χ3n) is 5.69. The van der Waals surface area contributed by atoms with E-state index in [9.17, 15) is 15.0 Å². The van der Waals surface area contributed by atoms with Crippen LogP contribution in [0.4, 0.5) is 0 Å². The van der Waals surface area contributed by atoms with Gasteiger partial charge in [-0.05, 0) is 31.4 Å². The van der Waals surface area contributed by atoms with E-state index in [1.54, 1.807) is 11.8 Å². The summed E-state index contributed by atoms with van der Waals surface area (Å²) < 4.78 is 11.5. The summed E-state index contributed by atoms with van der Waals surface area (Å²) in [5.74, 6) is 0.801. The summed E-state index contributed by atoms with van der Waals surface area (Å²) in [6.07, 6.45) is 1.09. The number of rotatable bonds is 5. The number of hydrogen-bond donors (Lipinski definition) is 2. The highest BCUT2D eigenvalue weighted by atomic mass is 16.5. The first-order valence-electron chi connectivity index (χ1n) is 9.97. The van der Waals surface area contributed by atoms with Crippen LogP contribution in [0.25, 0.3) is 0 Å². The molecule has 1 aromatic carbocycles. The normalized spacial score (nSPS) is 25.9. The Labute approximate surface area is 166 Å². The van der Waals surface area contributed by atoms with Crippen LogP contribution in [0.5, 0.6) is 5.75 Å². The molecule has 0 bridgehead atoms. The summed E-state index contributed by atoms with van der Waals surface area (Å²) >= 11 is 0. The molecule has 7 nitrogen and oxygen atoms in total. The Bertz CT molecular complexity index is 675. The molecule has 2 heterocycles. The molecule has 0 saturated carbocycles. The molecule has 0 unspecified atom stereocenters. The molecule has 28 heavy (non-hydrogen) atoms. The Hall–Kier alpha value is -1.67. The zero-order valence-electron chi connectivity index (χ0n) is 16.9. The fourth-order valence-corrected chi connectivity index (χ4v) is 3.96. The molecule has 2 N–H and O–H groups in total. The SMILES string of the molecule is CC(=O)N1CCC(O)(CN2CCOC[C@@](O)(COc3ccccc3C)C2)CC1. The van der Waals surface area contributed by atoms with Gasteiger partial charge in [0.05, 0.1) is 18.8 Å². The number of para-hydroxylation sites is 1. The van der Waals surface area contributed by atoms with Gasteiger partial charge < -0.3 is 24.6 Å². The lowest BCUT2D eigenvalue weighted by atomic mass is 9.90. The Morgan fingerprint density at radius 2 is 1.89 bits per heavy atom. The maximum Gasteiger partial charge on any atom is 0.219 e. The maximum atomic E-state index is 11.5. The predicted molar refractivity (Wildman–Crippen MR) is 105 cm³/mol. The molecule has 2 saturated heterocycles. The van der Waals surface area contributed by atoms with E-state index in [4.69, 9.17) is 9.47 Å². The molecule has 1 aromatic rings. The summed E-state index contributed by atoms with van der Waals surface area (Å²) in [6, 6.07) is 7.72. The van der Waals surface area contributed by atoms with Crippen molar-refractivity contribution in [3.05, 3.63) is 29.8 Å². The summed E-state index contributed by atoms with van der Waals surface area (Å²) in [4.78, 5) is 15.3. The molecule has 0 spiro atoms. The van der Waals surface area contributed by atoms with E-state index in [-0.39, 0.29) is 19.1 Å².